The van der Waals surface area contributed by atoms with Crippen LogP contribution >= 0.6 is 11.8 Å². The van der Waals surface area contributed by atoms with Gasteiger partial charge in [0.2, 0.25) is 0 Å². The van der Waals surface area contributed by atoms with Crippen LogP contribution in [0.25, 0.3) is 17.1 Å². The Morgan fingerprint density at radius 2 is 1.85 bits per heavy atom. The smallest absolute Gasteiger partial charge is 0.196 e. The first-order valence-electron chi connectivity index (χ1n) is 8.83. The molecule has 1 saturated heterocycles. The van der Waals surface area contributed by atoms with Gasteiger partial charge in [0, 0.05) is 18.0 Å². The minimum absolute atomic E-state index is 0.242. The lowest BCUT2D eigenvalue weighted by Crippen LogP contribution is -2.21. The molecule has 4 rings (SSSR count). The molecule has 134 valence electrons. The fraction of sp³-hybridized carbons (Fsp3) is 0.300. The number of hydrogen-bond donors (Lipinski definition) is 0. The van der Waals surface area contributed by atoms with Crippen LogP contribution in [0, 0.1) is 5.82 Å². The van der Waals surface area contributed by atoms with Crippen molar-refractivity contribution in [1.82, 2.24) is 14.8 Å². The van der Waals surface area contributed by atoms with Gasteiger partial charge in [0.05, 0.1) is 11.7 Å². The Bertz CT molecular complexity index is 863. The third-order valence-electron chi connectivity index (χ3n) is 4.43. The van der Waals surface area contributed by atoms with Gasteiger partial charge in [0.15, 0.2) is 11.0 Å². The van der Waals surface area contributed by atoms with Crippen LogP contribution in [0.3, 0.4) is 0 Å². The minimum atomic E-state index is -0.302. The molecule has 2 aromatic carbocycles. The average molecular weight is 369 g/mol. The van der Waals surface area contributed by atoms with Crippen molar-refractivity contribution in [2.45, 2.75) is 30.5 Å². The number of rotatable bonds is 5. The molecule has 1 fully saturated rings. The summed E-state index contributed by atoms with van der Waals surface area (Å²) in [7, 11) is 0. The highest BCUT2D eigenvalue weighted by atomic mass is 32.2. The van der Waals surface area contributed by atoms with Crippen LogP contribution in [0.2, 0.25) is 0 Å². The summed E-state index contributed by atoms with van der Waals surface area (Å²) in [5.41, 5.74) is 1.37. The van der Waals surface area contributed by atoms with E-state index in [9.17, 15) is 4.39 Å². The molecule has 4 nitrogen and oxygen atoms in total. The number of benzene rings is 2. The van der Waals surface area contributed by atoms with Crippen molar-refractivity contribution in [2.24, 2.45) is 0 Å². The van der Waals surface area contributed by atoms with Gasteiger partial charge >= 0.3 is 0 Å². The van der Waals surface area contributed by atoms with Crippen molar-refractivity contribution in [1.29, 1.82) is 0 Å². The molecule has 6 heteroatoms. The van der Waals surface area contributed by atoms with Crippen LogP contribution < -0.4 is 0 Å². The van der Waals surface area contributed by atoms with E-state index in [1.807, 2.05) is 41.0 Å². The van der Waals surface area contributed by atoms with Crippen LogP contribution in [-0.4, -0.2) is 33.2 Å². The SMILES string of the molecule is Fc1ccccc1-c1nnc(SCC2CCCCO2)n1-c1ccccc1. The van der Waals surface area contributed by atoms with Crippen molar-refractivity contribution in [3.63, 3.8) is 0 Å². The summed E-state index contributed by atoms with van der Waals surface area (Å²) in [6, 6.07) is 16.5. The number of aromatic nitrogens is 3. The molecule has 0 bridgehead atoms. The van der Waals surface area contributed by atoms with Gasteiger partial charge in [-0.1, -0.05) is 42.1 Å². The molecule has 26 heavy (non-hydrogen) atoms. The van der Waals surface area contributed by atoms with Crippen LogP contribution in [-0.2, 0) is 4.74 Å². The van der Waals surface area contributed by atoms with Crippen molar-refractivity contribution in [3.8, 4) is 17.1 Å². The van der Waals surface area contributed by atoms with Crippen LogP contribution in [0.4, 0.5) is 4.39 Å². The van der Waals surface area contributed by atoms with E-state index in [1.54, 1.807) is 23.9 Å². The normalized spacial score (nSPS) is 17.3. The lowest BCUT2D eigenvalue weighted by molar-refractivity contribution is 0.0315. The van der Waals surface area contributed by atoms with E-state index < -0.39 is 0 Å². The van der Waals surface area contributed by atoms with Gasteiger partial charge in [-0.2, -0.15) is 0 Å². The van der Waals surface area contributed by atoms with Crippen molar-refractivity contribution < 1.29 is 9.13 Å². The van der Waals surface area contributed by atoms with Crippen molar-refractivity contribution >= 4 is 11.8 Å². The number of nitrogens with zero attached hydrogens (tertiary/aromatic N) is 3. The predicted octanol–water partition coefficient (Wildman–Crippen LogP) is 4.73. The monoisotopic (exact) mass is 369 g/mol. The van der Waals surface area contributed by atoms with Crippen molar-refractivity contribution in [3.05, 3.63) is 60.4 Å². The fourth-order valence-electron chi connectivity index (χ4n) is 3.10. The van der Waals surface area contributed by atoms with E-state index >= 15 is 0 Å². The Morgan fingerprint density at radius 1 is 1.04 bits per heavy atom. The highest BCUT2D eigenvalue weighted by molar-refractivity contribution is 7.99. The topological polar surface area (TPSA) is 39.9 Å². The van der Waals surface area contributed by atoms with Crippen LogP contribution in [0.15, 0.2) is 59.8 Å². The third-order valence-corrected chi connectivity index (χ3v) is 5.50. The van der Waals surface area contributed by atoms with E-state index in [4.69, 9.17) is 4.74 Å². The Kier molecular flexibility index (Phi) is 5.32. The Labute approximate surface area is 156 Å². The van der Waals surface area contributed by atoms with Crippen LogP contribution in [0.5, 0.6) is 0 Å². The summed E-state index contributed by atoms with van der Waals surface area (Å²) in [4.78, 5) is 0. The summed E-state index contributed by atoms with van der Waals surface area (Å²) < 4.78 is 22.1. The van der Waals surface area contributed by atoms with Gasteiger partial charge in [0.1, 0.15) is 5.82 Å². The molecule has 0 radical (unpaired) electrons. The molecule has 1 aliphatic rings. The highest BCUT2D eigenvalue weighted by Gasteiger charge is 2.21. The first-order valence-corrected chi connectivity index (χ1v) is 9.81. The summed E-state index contributed by atoms with van der Waals surface area (Å²) in [5.74, 6) is 1.04. The van der Waals surface area contributed by atoms with Gasteiger partial charge in [0.25, 0.3) is 0 Å². The molecule has 0 spiro atoms. The van der Waals surface area contributed by atoms with E-state index in [0.29, 0.717) is 11.4 Å². The Balaban J connectivity index is 1.69. The van der Waals surface area contributed by atoms with E-state index in [1.165, 1.54) is 12.5 Å². The summed E-state index contributed by atoms with van der Waals surface area (Å²) in [6.07, 6.45) is 3.66. The number of ether oxygens (including phenoxy) is 1. The number of para-hydroxylation sites is 1. The average Bonchev–Trinajstić information content (AvgIpc) is 3.12. The fourth-order valence-corrected chi connectivity index (χ4v) is 4.11. The van der Waals surface area contributed by atoms with Gasteiger partial charge in [-0.05, 0) is 43.5 Å². The molecule has 1 aliphatic heterocycles. The maximum atomic E-state index is 14.3. The molecular weight excluding hydrogens is 349 g/mol. The zero-order valence-electron chi connectivity index (χ0n) is 14.3. The molecule has 0 saturated carbocycles. The summed E-state index contributed by atoms with van der Waals surface area (Å²) in [6.45, 7) is 0.830. The summed E-state index contributed by atoms with van der Waals surface area (Å²) >= 11 is 1.61. The zero-order valence-corrected chi connectivity index (χ0v) is 15.2. The molecular formula is C20H20FN3OS. The zero-order chi connectivity index (χ0) is 17.8. The molecule has 2 heterocycles. The number of hydrogen-bond acceptors (Lipinski definition) is 4. The Morgan fingerprint density at radius 3 is 2.62 bits per heavy atom. The first-order chi connectivity index (χ1) is 12.8. The molecule has 0 N–H and O–H groups in total. The van der Waals surface area contributed by atoms with E-state index in [2.05, 4.69) is 10.2 Å². The second-order valence-corrected chi connectivity index (χ2v) is 7.24. The second kappa shape index (κ2) is 8.01. The highest BCUT2D eigenvalue weighted by Crippen LogP contribution is 2.30. The second-order valence-electron chi connectivity index (χ2n) is 6.26. The Hall–Kier alpha value is -2.18. The molecule has 1 unspecified atom stereocenters. The van der Waals surface area contributed by atoms with Crippen molar-refractivity contribution in [2.75, 3.05) is 12.4 Å². The maximum Gasteiger partial charge on any atom is 0.196 e. The molecule has 1 aromatic heterocycles. The lowest BCUT2D eigenvalue weighted by atomic mass is 10.1. The summed E-state index contributed by atoms with van der Waals surface area (Å²) in [5, 5.41) is 9.40. The molecule has 0 aliphatic carbocycles. The lowest BCUT2D eigenvalue weighted by Gasteiger charge is -2.22. The quantitative estimate of drug-likeness (QED) is 0.609. The molecule has 1 atom stereocenters. The van der Waals surface area contributed by atoms with Gasteiger partial charge in [-0.15, -0.1) is 10.2 Å². The first kappa shape index (κ1) is 17.2. The van der Waals surface area contributed by atoms with Gasteiger partial charge in [-0.3, -0.25) is 4.57 Å². The predicted molar refractivity (Wildman–Crippen MR) is 101 cm³/mol. The maximum absolute atomic E-state index is 14.3. The third kappa shape index (κ3) is 3.66. The van der Waals surface area contributed by atoms with E-state index in [-0.39, 0.29) is 11.9 Å². The van der Waals surface area contributed by atoms with Gasteiger partial charge < -0.3 is 4.74 Å². The number of thioether (sulfide) groups is 1. The number of halogens is 1. The van der Waals surface area contributed by atoms with Crippen LogP contribution in [0.1, 0.15) is 19.3 Å². The molecule has 0 amide bonds. The van der Waals surface area contributed by atoms with E-state index in [0.717, 1.165) is 36.0 Å². The minimum Gasteiger partial charge on any atom is -0.377 e. The van der Waals surface area contributed by atoms with Gasteiger partial charge in [-0.25, -0.2) is 4.39 Å². The largest absolute Gasteiger partial charge is 0.377 e. The molecule has 3 aromatic rings. The standard InChI is InChI=1S/C20H20FN3OS/c21-18-12-5-4-11-17(18)19-22-23-20(24(19)15-8-2-1-3-9-15)26-14-16-10-6-7-13-25-16/h1-5,8-9,11-12,16H,6-7,10,13-14H2.